The molecule has 1 aromatic carbocycles. The number of hydrogen-bond donors (Lipinski definition) is 4. The Morgan fingerprint density at radius 2 is 1.82 bits per heavy atom. The van der Waals surface area contributed by atoms with Gasteiger partial charge in [0.1, 0.15) is 18.0 Å². The van der Waals surface area contributed by atoms with Crippen LogP contribution in [-0.4, -0.2) is 57.6 Å². The molecule has 7 heteroatoms. The van der Waals surface area contributed by atoms with Gasteiger partial charge >= 0.3 is 0 Å². The molecule has 7 atom stereocenters. The molecule has 0 saturated carbocycles. The van der Waals surface area contributed by atoms with Gasteiger partial charge in [0.25, 0.3) is 0 Å². The Hall–Kier alpha value is -1.74. The highest BCUT2D eigenvalue weighted by Gasteiger charge is 2.48. The van der Waals surface area contributed by atoms with Crippen LogP contribution in [0.4, 0.5) is 0 Å². The summed E-state index contributed by atoms with van der Waals surface area (Å²) in [5.74, 6) is 0.00288. The van der Waals surface area contributed by atoms with E-state index in [1.54, 1.807) is 12.1 Å². The summed E-state index contributed by atoms with van der Waals surface area (Å²) >= 11 is 0. The lowest BCUT2D eigenvalue weighted by Crippen LogP contribution is -2.37. The third-order valence-corrected chi connectivity index (χ3v) is 5.23. The third kappa shape index (κ3) is 4.81. The molecule has 7 nitrogen and oxygen atoms in total. The Morgan fingerprint density at radius 1 is 1.07 bits per heavy atom. The lowest BCUT2D eigenvalue weighted by Gasteiger charge is -2.25. The summed E-state index contributed by atoms with van der Waals surface area (Å²) in [5, 5.41) is 40.2. The molecule has 2 heterocycles. The number of furan rings is 1. The molecule has 0 spiro atoms. The van der Waals surface area contributed by atoms with E-state index in [9.17, 15) is 20.4 Å². The van der Waals surface area contributed by atoms with E-state index in [0.717, 1.165) is 5.56 Å². The smallest absolute Gasteiger partial charge is 0.140 e. The molecule has 1 aliphatic heterocycles. The molecule has 1 aromatic heterocycles. The maximum absolute atomic E-state index is 10.7. The topological polar surface area (TPSA) is 113 Å². The molecule has 3 rings (SSSR count). The number of aliphatic hydroxyl groups excluding tert-OH is 4. The molecular weight excluding hydrogens is 364 g/mol. The lowest BCUT2D eigenvalue weighted by molar-refractivity contribution is -0.110. The lowest BCUT2D eigenvalue weighted by atomic mass is 9.91. The summed E-state index contributed by atoms with van der Waals surface area (Å²) in [6.07, 6.45) is -3.47. The standard InChI is InChI=1S/C21H28O7/c1-13-20(27-12-14-6-3-2-4-7-14)17(10-15(23)11-22)28-21(13)19(25)18(24)16-8-5-9-26-16/h2-9,13,15,17-25H,10-12H2,1H3/t13-,15-,17?,18+,19-,20-,21-/m1/s1. The van der Waals surface area contributed by atoms with Crippen LogP contribution >= 0.6 is 0 Å². The van der Waals surface area contributed by atoms with E-state index >= 15 is 0 Å². The molecule has 0 radical (unpaired) electrons. The van der Waals surface area contributed by atoms with E-state index in [0.29, 0.717) is 6.61 Å². The van der Waals surface area contributed by atoms with Crippen LogP contribution in [0.15, 0.2) is 53.1 Å². The van der Waals surface area contributed by atoms with Gasteiger partial charge in [-0.25, -0.2) is 0 Å². The van der Waals surface area contributed by atoms with E-state index in [-0.39, 0.29) is 24.7 Å². The van der Waals surface area contributed by atoms with Gasteiger partial charge in [0.2, 0.25) is 0 Å². The van der Waals surface area contributed by atoms with Crippen LogP contribution in [0.3, 0.4) is 0 Å². The van der Waals surface area contributed by atoms with Crippen LogP contribution in [0.2, 0.25) is 0 Å². The first-order valence-electron chi connectivity index (χ1n) is 9.50. The van der Waals surface area contributed by atoms with Gasteiger partial charge in [-0.3, -0.25) is 0 Å². The highest BCUT2D eigenvalue weighted by molar-refractivity contribution is 5.13. The summed E-state index contributed by atoms with van der Waals surface area (Å²) in [6.45, 7) is 1.85. The summed E-state index contributed by atoms with van der Waals surface area (Å²) in [6, 6.07) is 12.9. The van der Waals surface area contributed by atoms with Crippen molar-refractivity contribution in [3.63, 3.8) is 0 Å². The van der Waals surface area contributed by atoms with E-state index in [1.165, 1.54) is 6.26 Å². The summed E-state index contributed by atoms with van der Waals surface area (Å²) in [5.41, 5.74) is 0.996. The minimum atomic E-state index is -1.24. The first-order valence-corrected chi connectivity index (χ1v) is 9.50. The van der Waals surface area contributed by atoms with Gasteiger partial charge in [-0.2, -0.15) is 0 Å². The second kappa shape index (κ2) is 9.65. The van der Waals surface area contributed by atoms with E-state index in [1.807, 2.05) is 37.3 Å². The normalized spacial score (nSPS) is 28.2. The quantitative estimate of drug-likeness (QED) is 0.510. The zero-order valence-corrected chi connectivity index (χ0v) is 15.8. The summed E-state index contributed by atoms with van der Waals surface area (Å²) < 4.78 is 17.2. The first-order chi connectivity index (χ1) is 13.5. The highest BCUT2D eigenvalue weighted by atomic mass is 16.6. The van der Waals surface area contributed by atoms with E-state index in [2.05, 4.69) is 0 Å². The van der Waals surface area contributed by atoms with Crippen molar-refractivity contribution in [1.29, 1.82) is 0 Å². The average molecular weight is 392 g/mol. The molecule has 0 bridgehead atoms. The van der Waals surface area contributed by atoms with Gasteiger partial charge in [-0.15, -0.1) is 0 Å². The molecule has 4 N–H and O–H groups in total. The summed E-state index contributed by atoms with van der Waals surface area (Å²) in [4.78, 5) is 0. The third-order valence-electron chi connectivity index (χ3n) is 5.23. The van der Waals surface area contributed by atoms with E-state index in [4.69, 9.17) is 13.9 Å². The van der Waals surface area contributed by atoms with Gasteiger partial charge in [0.15, 0.2) is 0 Å². The van der Waals surface area contributed by atoms with Gasteiger partial charge in [-0.1, -0.05) is 37.3 Å². The fourth-order valence-electron chi connectivity index (χ4n) is 3.69. The van der Waals surface area contributed by atoms with Crippen LogP contribution in [0.5, 0.6) is 0 Å². The van der Waals surface area contributed by atoms with Crippen LogP contribution in [0, 0.1) is 5.92 Å². The van der Waals surface area contributed by atoms with Crippen molar-refractivity contribution in [3.8, 4) is 0 Å². The molecule has 1 unspecified atom stereocenters. The van der Waals surface area contributed by atoms with Crippen LogP contribution in [0.25, 0.3) is 0 Å². The van der Waals surface area contributed by atoms with Crippen LogP contribution < -0.4 is 0 Å². The molecule has 0 amide bonds. The van der Waals surface area contributed by atoms with Gasteiger partial charge in [0.05, 0.1) is 43.9 Å². The second-order valence-corrected chi connectivity index (χ2v) is 7.28. The van der Waals surface area contributed by atoms with Crippen molar-refractivity contribution in [3.05, 3.63) is 60.1 Å². The van der Waals surface area contributed by atoms with Crippen molar-refractivity contribution >= 4 is 0 Å². The van der Waals surface area contributed by atoms with Crippen LogP contribution in [0.1, 0.15) is 30.8 Å². The zero-order valence-electron chi connectivity index (χ0n) is 15.8. The van der Waals surface area contributed by atoms with Gasteiger partial charge in [-0.05, 0) is 17.7 Å². The molecule has 1 fully saturated rings. The predicted molar refractivity (Wildman–Crippen MR) is 100 cm³/mol. The number of hydrogen-bond acceptors (Lipinski definition) is 7. The Labute approximate surface area is 164 Å². The molecule has 1 saturated heterocycles. The Balaban J connectivity index is 1.71. The van der Waals surface area contributed by atoms with Gasteiger partial charge < -0.3 is 34.3 Å². The predicted octanol–water partition coefficient (Wildman–Crippen LogP) is 1.41. The highest BCUT2D eigenvalue weighted by Crippen LogP contribution is 2.37. The number of rotatable bonds is 9. The molecule has 2 aromatic rings. The fraction of sp³-hybridized carbons (Fsp3) is 0.524. The first kappa shape index (κ1) is 21.0. The molecule has 1 aliphatic rings. The number of benzene rings is 1. The largest absolute Gasteiger partial charge is 0.466 e. The Morgan fingerprint density at radius 3 is 2.46 bits per heavy atom. The zero-order chi connectivity index (χ0) is 20.1. The minimum absolute atomic E-state index is 0.167. The SMILES string of the molecule is C[C@H]1[C@H]([C@H](O)[C@@H](O)c2ccco2)OC(C[C@@H](O)CO)[C@@H]1OCc1ccccc1. The second-order valence-electron chi connectivity index (χ2n) is 7.28. The Kier molecular flexibility index (Phi) is 7.23. The van der Waals surface area contributed by atoms with Crippen LogP contribution in [-0.2, 0) is 16.1 Å². The van der Waals surface area contributed by atoms with Crippen molar-refractivity contribution < 1.29 is 34.3 Å². The fourth-order valence-corrected chi connectivity index (χ4v) is 3.69. The van der Waals surface area contributed by atoms with Crippen molar-refractivity contribution in [2.75, 3.05) is 6.61 Å². The monoisotopic (exact) mass is 392 g/mol. The Bertz CT molecular complexity index is 690. The molecule has 154 valence electrons. The van der Waals surface area contributed by atoms with Gasteiger partial charge in [0, 0.05) is 12.3 Å². The summed E-state index contributed by atoms with van der Waals surface area (Å²) in [7, 11) is 0. The molecular formula is C21H28O7. The molecule has 28 heavy (non-hydrogen) atoms. The van der Waals surface area contributed by atoms with Crippen molar-refractivity contribution in [1.82, 2.24) is 0 Å². The maximum atomic E-state index is 10.7. The van der Waals surface area contributed by atoms with Crippen molar-refractivity contribution in [2.45, 2.75) is 56.6 Å². The number of ether oxygens (including phenoxy) is 2. The molecule has 0 aliphatic carbocycles. The minimum Gasteiger partial charge on any atom is -0.466 e. The number of aliphatic hydroxyl groups is 4. The maximum Gasteiger partial charge on any atom is 0.140 e. The van der Waals surface area contributed by atoms with E-state index < -0.39 is 36.6 Å². The average Bonchev–Trinajstić information content (AvgIpc) is 3.35. The van der Waals surface area contributed by atoms with Crippen molar-refractivity contribution in [2.24, 2.45) is 5.92 Å².